The molecule has 3 N–H and O–H groups in total. The summed E-state index contributed by atoms with van der Waals surface area (Å²) in [6, 6.07) is 20.7. The first-order valence-electron chi connectivity index (χ1n) is 6.91. The van der Waals surface area contributed by atoms with E-state index in [0.29, 0.717) is 11.3 Å². The van der Waals surface area contributed by atoms with Crippen molar-refractivity contribution in [1.29, 1.82) is 0 Å². The number of fused-ring (bicyclic) bond motifs is 1. The summed E-state index contributed by atoms with van der Waals surface area (Å²) in [5.41, 5.74) is 10.2. The highest BCUT2D eigenvalue weighted by Crippen LogP contribution is 2.16. The number of nitrogen functional groups attached to an aromatic ring is 1. The third-order valence-electron chi connectivity index (χ3n) is 3.37. The summed E-state index contributed by atoms with van der Waals surface area (Å²) < 4.78 is 0. The van der Waals surface area contributed by atoms with Gasteiger partial charge >= 0.3 is 0 Å². The Bertz CT molecular complexity index is 833. The van der Waals surface area contributed by atoms with Crippen molar-refractivity contribution in [3.05, 3.63) is 77.9 Å². The number of nitrogens with one attached hydrogen (secondary N) is 1. The molecule has 1 amide bonds. The van der Waals surface area contributed by atoms with Gasteiger partial charge in [0, 0.05) is 16.8 Å². The highest BCUT2D eigenvalue weighted by molar-refractivity contribution is 6.00. The van der Waals surface area contributed by atoms with Crippen LogP contribution in [0, 0.1) is 0 Å². The lowest BCUT2D eigenvalue weighted by molar-refractivity contribution is 0.0955. The first-order chi connectivity index (χ1) is 10.7. The molecule has 3 aromatic rings. The third kappa shape index (κ3) is 2.96. The Morgan fingerprint density at radius 3 is 2.50 bits per heavy atom. The minimum atomic E-state index is -0.267. The van der Waals surface area contributed by atoms with E-state index < -0.39 is 0 Å². The second-order valence-electron chi connectivity index (χ2n) is 4.89. The lowest BCUT2D eigenvalue weighted by Gasteiger charge is -2.02. The highest BCUT2D eigenvalue weighted by atomic mass is 16.2. The fourth-order valence-electron chi connectivity index (χ4n) is 2.22. The SMILES string of the molecule is Nc1ccc(C(=O)N/N=C\c2cccc3ccccc23)cc1. The van der Waals surface area contributed by atoms with Gasteiger partial charge in [0.25, 0.3) is 5.91 Å². The second kappa shape index (κ2) is 6.10. The summed E-state index contributed by atoms with van der Waals surface area (Å²) in [5.74, 6) is -0.267. The predicted octanol–water partition coefficient (Wildman–Crippen LogP) is 3.19. The molecule has 0 unspecified atom stereocenters. The summed E-state index contributed by atoms with van der Waals surface area (Å²) in [4.78, 5) is 11.9. The van der Waals surface area contributed by atoms with Gasteiger partial charge in [0.1, 0.15) is 0 Å². The van der Waals surface area contributed by atoms with Gasteiger partial charge in [-0.2, -0.15) is 5.10 Å². The van der Waals surface area contributed by atoms with Crippen LogP contribution in [0.5, 0.6) is 0 Å². The van der Waals surface area contributed by atoms with Crippen LogP contribution in [0.3, 0.4) is 0 Å². The first-order valence-corrected chi connectivity index (χ1v) is 6.91. The molecule has 3 rings (SSSR count). The standard InChI is InChI=1S/C18H15N3O/c19-16-10-8-14(9-11-16)18(22)21-20-12-15-6-3-5-13-4-1-2-7-17(13)15/h1-12H,19H2,(H,21,22)/b20-12-. The van der Waals surface area contributed by atoms with E-state index in [9.17, 15) is 4.79 Å². The van der Waals surface area contributed by atoms with E-state index in [1.165, 1.54) is 0 Å². The fraction of sp³-hybridized carbons (Fsp3) is 0. The smallest absolute Gasteiger partial charge is 0.271 e. The number of amides is 1. The van der Waals surface area contributed by atoms with E-state index in [-0.39, 0.29) is 5.91 Å². The lowest BCUT2D eigenvalue weighted by atomic mass is 10.1. The lowest BCUT2D eigenvalue weighted by Crippen LogP contribution is -2.17. The molecular weight excluding hydrogens is 274 g/mol. The van der Waals surface area contributed by atoms with Crippen molar-refractivity contribution in [2.75, 3.05) is 5.73 Å². The van der Waals surface area contributed by atoms with Crippen molar-refractivity contribution >= 4 is 28.6 Å². The maximum Gasteiger partial charge on any atom is 0.271 e. The predicted molar refractivity (Wildman–Crippen MR) is 89.9 cm³/mol. The zero-order valence-corrected chi connectivity index (χ0v) is 11.9. The van der Waals surface area contributed by atoms with Crippen LogP contribution in [0.4, 0.5) is 5.69 Å². The maximum atomic E-state index is 11.9. The molecule has 0 aromatic heterocycles. The minimum Gasteiger partial charge on any atom is -0.399 e. The van der Waals surface area contributed by atoms with Gasteiger partial charge in [0.05, 0.1) is 6.21 Å². The number of hydrazone groups is 1. The van der Waals surface area contributed by atoms with Gasteiger partial charge in [-0.1, -0.05) is 42.5 Å². The Hall–Kier alpha value is -3.14. The van der Waals surface area contributed by atoms with Crippen LogP contribution in [-0.2, 0) is 0 Å². The number of carbonyl (C=O) groups is 1. The molecule has 0 atom stereocenters. The zero-order valence-electron chi connectivity index (χ0n) is 11.9. The molecule has 0 bridgehead atoms. The number of rotatable bonds is 3. The summed E-state index contributed by atoms with van der Waals surface area (Å²) in [6.07, 6.45) is 1.65. The quantitative estimate of drug-likeness (QED) is 0.442. The van der Waals surface area contributed by atoms with Crippen LogP contribution < -0.4 is 11.2 Å². The average Bonchev–Trinajstić information content (AvgIpc) is 2.55. The normalized spacial score (nSPS) is 10.9. The van der Waals surface area contributed by atoms with Crippen LogP contribution in [0.15, 0.2) is 71.8 Å². The van der Waals surface area contributed by atoms with Gasteiger partial charge < -0.3 is 5.73 Å². The number of benzene rings is 3. The van der Waals surface area contributed by atoms with Gasteiger partial charge in [0.2, 0.25) is 0 Å². The molecule has 108 valence electrons. The Labute approximate surface area is 128 Å². The average molecular weight is 289 g/mol. The molecule has 0 fully saturated rings. The summed E-state index contributed by atoms with van der Waals surface area (Å²) in [7, 11) is 0. The van der Waals surface area contributed by atoms with E-state index in [0.717, 1.165) is 16.3 Å². The summed E-state index contributed by atoms with van der Waals surface area (Å²) in [6.45, 7) is 0. The second-order valence-corrected chi connectivity index (χ2v) is 4.89. The van der Waals surface area contributed by atoms with Crippen molar-refractivity contribution < 1.29 is 4.79 Å². The van der Waals surface area contributed by atoms with Crippen molar-refractivity contribution in [1.82, 2.24) is 5.43 Å². The van der Waals surface area contributed by atoms with Gasteiger partial charge in [-0.15, -0.1) is 0 Å². The Kier molecular flexibility index (Phi) is 3.83. The number of hydrogen-bond acceptors (Lipinski definition) is 3. The van der Waals surface area contributed by atoms with Crippen molar-refractivity contribution in [2.24, 2.45) is 5.10 Å². The fourth-order valence-corrected chi connectivity index (χ4v) is 2.22. The number of carbonyl (C=O) groups excluding carboxylic acids is 1. The van der Waals surface area contributed by atoms with Crippen molar-refractivity contribution in [3.8, 4) is 0 Å². The molecule has 0 aliphatic heterocycles. The molecule has 0 heterocycles. The highest BCUT2D eigenvalue weighted by Gasteiger charge is 2.03. The van der Waals surface area contributed by atoms with Crippen LogP contribution in [0.1, 0.15) is 15.9 Å². The van der Waals surface area contributed by atoms with Gasteiger partial charge in [-0.25, -0.2) is 5.43 Å². The van der Waals surface area contributed by atoms with E-state index in [1.54, 1.807) is 30.5 Å². The van der Waals surface area contributed by atoms with Gasteiger partial charge in [0.15, 0.2) is 0 Å². The van der Waals surface area contributed by atoms with E-state index in [2.05, 4.69) is 10.5 Å². The van der Waals surface area contributed by atoms with E-state index in [4.69, 9.17) is 5.73 Å². The molecular formula is C18H15N3O. The third-order valence-corrected chi connectivity index (χ3v) is 3.37. The van der Waals surface area contributed by atoms with Crippen LogP contribution in [0.2, 0.25) is 0 Å². The molecule has 4 heteroatoms. The Balaban J connectivity index is 1.76. The number of nitrogens with two attached hydrogens (primary N) is 1. The minimum absolute atomic E-state index is 0.267. The molecule has 0 aliphatic rings. The number of anilines is 1. The molecule has 0 aliphatic carbocycles. The molecule has 3 aromatic carbocycles. The monoisotopic (exact) mass is 289 g/mol. The van der Waals surface area contributed by atoms with Crippen molar-refractivity contribution in [2.45, 2.75) is 0 Å². The van der Waals surface area contributed by atoms with E-state index in [1.807, 2.05) is 42.5 Å². The molecule has 4 nitrogen and oxygen atoms in total. The van der Waals surface area contributed by atoms with Crippen LogP contribution in [-0.4, -0.2) is 12.1 Å². The maximum absolute atomic E-state index is 11.9. The molecule has 0 saturated heterocycles. The molecule has 0 saturated carbocycles. The Morgan fingerprint density at radius 2 is 1.68 bits per heavy atom. The zero-order chi connectivity index (χ0) is 15.4. The first kappa shape index (κ1) is 13.8. The largest absolute Gasteiger partial charge is 0.399 e. The van der Waals surface area contributed by atoms with Crippen LogP contribution >= 0.6 is 0 Å². The number of hydrogen-bond donors (Lipinski definition) is 2. The van der Waals surface area contributed by atoms with Gasteiger partial charge in [-0.3, -0.25) is 4.79 Å². The van der Waals surface area contributed by atoms with Gasteiger partial charge in [-0.05, 0) is 35.0 Å². The van der Waals surface area contributed by atoms with Crippen LogP contribution in [0.25, 0.3) is 10.8 Å². The molecule has 0 spiro atoms. The molecule has 22 heavy (non-hydrogen) atoms. The van der Waals surface area contributed by atoms with Crippen molar-refractivity contribution in [3.63, 3.8) is 0 Å². The topological polar surface area (TPSA) is 67.5 Å². The summed E-state index contributed by atoms with van der Waals surface area (Å²) in [5, 5.41) is 6.26. The molecule has 0 radical (unpaired) electrons. The van der Waals surface area contributed by atoms with E-state index >= 15 is 0 Å². The summed E-state index contributed by atoms with van der Waals surface area (Å²) >= 11 is 0. The Morgan fingerprint density at radius 1 is 0.955 bits per heavy atom. The number of nitrogens with zero attached hydrogens (tertiary/aromatic N) is 1.